The van der Waals surface area contributed by atoms with Crippen molar-refractivity contribution in [3.8, 4) is 0 Å². The number of amides is 1. The summed E-state index contributed by atoms with van der Waals surface area (Å²) >= 11 is 11.8. The first-order valence-electron chi connectivity index (χ1n) is 6.83. The number of aliphatic hydroxyl groups is 3. The summed E-state index contributed by atoms with van der Waals surface area (Å²) in [6, 6.07) is 4.61. The molecule has 1 fully saturated rings. The molecule has 1 aliphatic rings. The average Bonchev–Trinajstić information content (AvgIpc) is 2.56. The predicted octanol–water partition coefficient (Wildman–Crippen LogP) is 0.236. The van der Waals surface area contributed by atoms with Gasteiger partial charge in [0, 0.05) is 12.6 Å². The summed E-state index contributed by atoms with van der Waals surface area (Å²) in [4.78, 5) is 11.9. The second kappa shape index (κ2) is 7.76. The molecule has 0 bridgehead atoms. The molecular weight excluding hydrogens is 349 g/mol. The minimum absolute atomic E-state index is 0.262. The molecule has 9 heteroatoms. The zero-order chi connectivity index (χ0) is 17.1. The van der Waals surface area contributed by atoms with E-state index in [1.54, 1.807) is 6.07 Å². The van der Waals surface area contributed by atoms with Crippen LogP contribution in [0.3, 0.4) is 0 Å². The third-order valence-corrected chi connectivity index (χ3v) is 4.22. The lowest BCUT2D eigenvalue weighted by molar-refractivity contribution is -0.299. The summed E-state index contributed by atoms with van der Waals surface area (Å²) < 4.78 is 11.0. The molecule has 0 aromatic heterocycles. The fourth-order valence-corrected chi connectivity index (χ4v) is 2.55. The first-order valence-corrected chi connectivity index (χ1v) is 7.59. The van der Waals surface area contributed by atoms with Crippen LogP contribution in [0.4, 0.5) is 0 Å². The normalized spacial score (nSPS) is 29.1. The van der Waals surface area contributed by atoms with Gasteiger partial charge in [-0.05, 0) is 12.1 Å². The van der Waals surface area contributed by atoms with E-state index in [0.29, 0.717) is 10.6 Å². The second-order valence-electron chi connectivity index (χ2n) is 5.02. The Kier molecular flexibility index (Phi) is 6.21. The van der Waals surface area contributed by atoms with Crippen molar-refractivity contribution < 1.29 is 29.6 Å². The number of nitrogens with one attached hydrogen (secondary N) is 1. The van der Waals surface area contributed by atoms with Crippen molar-refractivity contribution in [1.82, 2.24) is 5.32 Å². The van der Waals surface area contributed by atoms with Crippen molar-refractivity contribution in [2.45, 2.75) is 30.7 Å². The van der Waals surface area contributed by atoms with Crippen LogP contribution >= 0.6 is 23.2 Å². The zero-order valence-corrected chi connectivity index (χ0v) is 13.7. The van der Waals surface area contributed by atoms with Gasteiger partial charge in [0.05, 0.1) is 16.7 Å². The molecule has 0 aliphatic carbocycles. The highest BCUT2D eigenvalue weighted by molar-refractivity contribution is 6.42. The van der Waals surface area contributed by atoms with Crippen molar-refractivity contribution in [2.24, 2.45) is 0 Å². The summed E-state index contributed by atoms with van der Waals surface area (Å²) in [6.07, 6.45) is -6.39. The highest BCUT2D eigenvalue weighted by Crippen LogP contribution is 2.34. The lowest BCUT2D eigenvalue weighted by Crippen LogP contribution is -2.57. The molecule has 0 radical (unpaired) electrons. The number of hydrogen-bond acceptors (Lipinski definition) is 6. The maximum absolute atomic E-state index is 11.9. The third-order valence-electron chi connectivity index (χ3n) is 3.48. The number of benzene rings is 1. The Hall–Kier alpha value is -0.930. The zero-order valence-electron chi connectivity index (χ0n) is 12.1. The molecule has 7 nitrogen and oxygen atoms in total. The molecule has 1 aliphatic heterocycles. The van der Waals surface area contributed by atoms with Crippen LogP contribution in [-0.4, -0.2) is 59.3 Å². The van der Waals surface area contributed by atoms with Gasteiger partial charge in [0.1, 0.15) is 18.3 Å². The van der Waals surface area contributed by atoms with E-state index >= 15 is 0 Å². The van der Waals surface area contributed by atoms with Gasteiger partial charge in [-0.3, -0.25) is 4.79 Å². The molecule has 1 heterocycles. The summed E-state index contributed by atoms with van der Waals surface area (Å²) in [7, 11) is 1.39. The van der Waals surface area contributed by atoms with Gasteiger partial charge in [-0.25, -0.2) is 0 Å². The van der Waals surface area contributed by atoms with E-state index in [-0.39, 0.29) is 5.02 Å². The van der Waals surface area contributed by atoms with Gasteiger partial charge in [-0.2, -0.15) is 0 Å². The number of halogens is 2. The second-order valence-corrected chi connectivity index (χ2v) is 5.83. The minimum atomic E-state index is -1.45. The fourth-order valence-electron chi connectivity index (χ4n) is 2.24. The van der Waals surface area contributed by atoms with Gasteiger partial charge in [0.15, 0.2) is 12.4 Å². The first kappa shape index (κ1) is 18.4. The largest absolute Gasteiger partial charge is 0.394 e. The molecule has 1 saturated heterocycles. The van der Waals surface area contributed by atoms with Gasteiger partial charge in [0.2, 0.25) is 0 Å². The summed E-state index contributed by atoms with van der Waals surface area (Å²) in [6.45, 7) is -0.643. The smallest absolute Gasteiger partial charge is 0.251 e. The molecule has 1 aromatic carbocycles. The maximum atomic E-state index is 11.9. The number of rotatable bonds is 4. The number of hydrogen-bond donors (Lipinski definition) is 4. The first-order chi connectivity index (χ1) is 10.9. The Labute approximate surface area is 142 Å². The number of ether oxygens (including phenoxy) is 2. The monoisotopic (exact) mass is 365 g/mol. The van der Waals surface area contributed by atoms with Gasteiger partial charge in [-0.1, -0.05) is 29.3 Å². The van der Waals surface area contributed by atoms with Crippen LogP contribution in [0.1, 0.15) is 11.9 Å². The highest BCUT2D eigenvalue weighted by Gasteiger charge is 2.45. The molecule has 5 atom stereocenters. The lowest BCUT2D eigenvalue weighted by atomic mass is 10.00. The number of carbonyl (C=O) groups is 1. The standard InChI is InChI=1S/C14H17Cl2NO6/c1-17-13(21)12-10(20)11(9(19)5-18)22-14(23-12)6-2-3-7(15)8(16)4-6/h2-4,9-12,14,18-20H,5H2,1H3,(H,17,21). The van der Waals surface area contributed by atoms with E-state index in [4.69, 9.17) is 37.8 Å². The molecule has 5 unspecified atom stereocenters. The topological polar surface area (TPSA) is 108 Å². The highest BCUT2D eigenvalue weighted by atomic mass is 35.5. The van der Waals surface area contributed by atoms with Gasteiger partial charge < -0.3 is 30.1 Å². The summed E-state index contributed by atoms with van der Waals surface area (Å²) in [5.74, 6) is -0.582. The molecule has 1 amide bonds. The van der Waals surface area contributed by atoms with Crippen LogP contribution in [-0.2, 0) is 14.3 Å². The Morgan fingerprint density at radius 2 is 2.04 bits per heavy atom. The molecule has 23 heavy (non-hydrogen) atoms. The molecule has 0 saturated carbocycles. The molecule has 1 aromatic rings. The minimum Gasteiger partial charge on any atom is -0.394 e. The summed E-state index contributed by atoms with van der Waals surface area (Å²) in [5, 5.41) is 32.0. The molecule has 2 rings (SSSR count). The van der Waals surface area contributed by atoms with Crippen molar-refractivity contribution in [3.63, 3.8) is 0 Å². The van der Waals surface area contributed by atoms with Crippen LogP contribution in [0.25, 0.3) is 0 Å². The predicted molar refractivity (Wildman–Crippen MR) is 82.1 cm³/mol. The van der Waals surface area contributed by atoms with Crippen LogP contribution in [0.15, 0.2) is 18.2 Å². The Morgan fingerprint density at radius 3 is 2.61 bits per heavy atom. The SMILES string of the molecule is CNC(=O)C1OC(c2ccc(Cl)c(Cl)c2)OC(C(O)CO)C1O. The van der Waals surface area contributed by atoms with E-state index in [2.05, 4.69) is 5.32 Å². The van der Waals surface area contributed by atoms with E-state index < -0.39 is 43.2 Å². The van der Waals surface area contributed by atoms with E-state index in [9.17, 15) is 15.0 Å². The van der Waals surface area contributed by atoms with Crippen LogP contribution in [0.5, 0.6) is 0 Å². The Balaban J connectivity index is 2.32. The van der Waals surface area contributed by atoms with Gasteiger partial charge in [-0.15, -0.1) is 0 Å². The summed E-state index contributed by atoms with van der Waals surface area (Å²) in [5.41, 5.74) is 0.454. The fraction of sp³-hybridized carbons (Fsp3) is 0.500. The van der Waals surface area contributed by atoms with Crippen molar-refractivity contribution in [3.05, 3.63) is 33.8 Å². The lowest BCUT2D eigenvalue weighted by Gasteiger charge is -2.40. The van der Waals surface area contributed by atoms with Gasteiger partial charge >= 0.3 is 0 Å². The van der Waals surface area contributed by atoms with Gasteiger partial charge in [0.25, 0.3) is 5.91 Å². The number of likely N-dealkylation sites (N-methyl/N-ethyl adjacent to an activating group) is 1. The van der Waals surface area contributed by atoms with Crippen molar-refractivity contribution in [2.75, 3.05) is 13.7 Å². The molecular formula is C14H17Cl2NO6. The van der Waals surface area contributed by atoms with Crippen LogP contribution in [0.2, 0.25) is 10.0 Å². The molecule has 4 N–H and O–H groups in total. The maximum Gasteiger partial charge on any atom is 0.251 e. The molecule has 128 valence electrons. The average molecular weight is 366 g/mol. The van der Waals surface area contributed by atoms with Crippen molar-refractivity contribution >= 4 is 29.1 Å². The third kappa shape index (κ3) is 3.95. The number of carbonyl (C=O) groups excluding carboxylic acids is 1. The van der Waals surface area contributed by atoms with E-state index in [1.165, 1.54) is 19.2 Å². The quantitative estimate of drug-likeness (QED) is 0.608. The Morgan fingerprint density at radius 1 is 1.35 bits per heavy atom. The van der Waals surface area contributed by atoms with E-state index in [1.807, 2.05) is 0 Å². The molecule has 0 spiro atoms. The van der Waals surface area contributed by atoms with Crippen molar-refractivity contribution in [1.29, 1.82) is 0 Å². The van der Waals surface area contributed by atoms with Crippen LogP contribution in [0, 0.1) is 0 Å². The van der Waals surface area contributed by atoms with Crippen LogP contribution < -0.4 is 5.32 Å². The van der Waals surface area contributed by atoms with E-state index in [0.717, 1.165) is 0 Å². The Bertz CT molecular complexity index is 572. The number of aliphatic hydroxyl groups excluding tert-OH is 3.